The number of carbonyl (C=O) groups excluding carboxylic acids is 12. The van der Waals surface area contributed by atoms with E-state index < -0.39 is 175 Å². The van der Waals surface area contributed by atoms with Crippen LogP contribution in [0, 0.1) is 5.92 Å². The van der Waals surface area contributed by atoms with Crippen LogP contribution in [0.2, 0.25) is 15.1 Å². The number of likely N-dealkylation sites (tertiary alicyclic amines) is 1. The molecule has 2 aromatic heterocycles. The van der Waals surface area contributed by atoms with Gasteiger partial charge in [-0.2, -0.15) is 0 Å². The first-order valence-corrected chi connectivity index (χ1v) is 36.8. The molecule has 1 unspecified atom stereocenters. The Kier molecular flexibility index (Phi) is 30.3. The summed E-state index contributed by atoms with van der Waals surface area (Å²) in [7, 11) is 6.41. The number of hydrogen-bond donors (Lipinski definition) is 10. The lowest BCUT2D eigenvalue weighted by Crippen LogP contribution is -2.61. The van der Waals surface area contributed by atoms with Crippen molar-refractivity contribution < 1.29 is 77.6 Å². The van der Waals surface area contributed by atoms with Gasteiger partial charge in [-0.1, -0.05) is 102 Å². The smallest absolute Gasteiger partial charge is 0.326 e. The SMILES string of the molecule is CC1NC(=O)C[C@@H](C(=O)N2CCC[C@H]2C(=O)O)NC(=O)[C@H]([C@@H](C)O)CC(=O)[C@H](Cc2cnc[nH]2)N(C)C(=O)[C@H]([C@@H](C)O)NC(=O)[C@H](Cc2ccccc2)N(C)C(=O)[C@H](Cc2cccc(Cl)c2)NC(=O)CN(C)C(=O)[C@H](Cc2cnc[nH]2)N(C)C(=O)[C@@H](Cc2ccc(Cl)cc2)N(C)C(=O)[C@@H](Cc2cccc(Cl)c2)NC1=O. The van der Waals surface area contributed by atoms with Gasteiger partial charge in [-0.15, -0.1) is 0 Å². The minimum Gasteiger partial charge on any atom is -0.480 e. The van der Waals surface area contributed by atoms with Gasteiger partial charge in [-0.05, 0) is 92.3 Å². The van der Waals surface area contributed by atoms with Crippen LogP contribution in [0.1, 0.15) is 80.1 Å². The number of amides is 11. The van der Waals surface area contributed by atoms with Gasteiger partial charge in [0.1, 0.15) is 54.4 Å². The maximum atomic E-state index is 15.7. The summed E-state index contributed by atoms with van der Waals surface area (Å²) in [5.41, 5.74) is 2.50. The Morgan fingerprint density at radius 1 is 0.509 bits per heavy atom. The number of nitrogens with zero attached hydrogens (tertiary/aromatic N) is 8. The average Bonchev–Trinajstić information content (AvgIpc) is 0.845. The highest BCUT2D eigenvalue weighted by Gasteiger charge is 2.45. The third kappa shape index (κ3) is 22.8. The molecule has 2 aliphatic heterocycles. The van der Waals surface area contributed by atoms with E-state index in [4.69, 9.17) is 34.8 Å². The van der Waals surface area contributed by atoms with Crippen LogP contribution < -0.4 is 26.6 Å². The predicted molar refractivity (Wildman–Crippen MR) is 403 cm³/mol. The molecule has 13 atom stereocenters. The second-order valence-corrected chi connectivity index (χ2v) is 29.1. The Hall–Kier alpha value is -10.6. The molecule has 0 aliphatic carbocycles. The van der Waals surface area contributed by atoms with Crippen LogP contribution in [0.25, 0.3) is 0 Å². The molecule has 31 nitrogen and oxygen atoms in total. The number of aliphatic hydroxyl groups excluding tert-OH is 2. The molecule has 0 saturated carbocycles. The number of nitrogens with one attached hydrogen (secondary N) is 7. The van der Waals surface area contributed by atoms with Gasteiger partial charge in [0.05, 0.1) is 49.8 Å². The van der Waals surface area contributed by atoms with Gasteiger partial charge in [0.15, 0.2) is 5.78 Å². The van der Waals surface area contributed by atoms with Gasteiger partial charge in [-0.25, -0.2) is 14.8 Å². The fraction of sp³-hybridized carbons (Fsp3) is 0.434. The van der Waals surface area contributed by atoms with Gasteiger partial charge in [0.2, 0.25) is 65.0 Å². The Morgan fingerprint density at radius 2 is 1.03 bits per heavy atom. The zero-order valence-electron chi connectivity index (χ0n) is 62.0. The summed E-state index contributed by atoms with van der Waals surface area (Å²) < 4.78 is 0. The van der Waals surface area contributed by atoms with Crippen molar-refractivity contribution in [2.75, 3.05) is 48.3 Å². The molecule has 11 amide bonds. The summed E-state index contributed by atoms with van der Waals surface area (Å²) in [6, 6.07) is 11.5. The fourth-order valence-electron chi connectivity index (χ4n) is 13.4. The molecule has 588 valence electrons. The largest absolute Gasteiger partial charge is 0.480 e. The first-order valence-electron chi connectivity index (χ1n) is 35.6. The molecule has 4 aromatic carbocycles. The summed E-state index contributed by atoms with van der Waals surface area (Å²) in [4.78, 5) is 213. The first-order chi connectivity index (χ1) is 52.2. The van der Waals surface area contributed by atoms with E-state index in [0.29, 0.717) is 33.0 Å². The molecule has 2 aliphatic rings. The van der Waals surface area contributed by atoms with Gasteiger partial charge in [0.25, 0.3) is 0 Å². The molecule has 2 saturated heterocycles. The minimum absolute atomic E-state index is 0.00185. The number of H-pyrrole nitrogens is 2. The number of benzene rings is 4. The van der Waals surface area contributed by atoms with E-state index in [1.165, 1.54) is 80.2 Å². The predicted octanol–water partition coefficient (Wildman–Crippen LogP) is 1.88. The van der Waals surface area contributed by atoms with Crippen molar-refractivity contribution in [3.05, 3.63) is 177 Å². The molecule has 2 fully saturated rings. The zero-order chi connectivity index (χ0) is 80.4. The summed E-state index contributed by atoms with van der Waals surface area (Å²) in [6.45, 7) is 2.73. The molecule has 110 heavy (non-hydrogen) atoms. The Labute approximate surface area is 650 Å². The van der Waals surface area contributed by atoms with Crippen molar-refractivity contribution in [1.29, 1.82) is 0 Å². The number of carboxylic acid groups (broad SMARTS) is 1. The highest BCUT2D eigenvalue weighted by atomic mass is 35.5. The van der Waals surface area contributed by atoms with E-state index in [1.807, 2.05) is 0 Å². The summed E-state index contributed by atoms with van der Waals surface area (Å²) in [6.07, 6.45) is -1.25. The van der Waals surface area contributed by atoms with Crippen LogP contribution in [0.5, 0.6) is 0 Å². The number of likely N-dealkylation sites (N-methyl/N-ethyl adjacent to an activating group) is 5. The standard InChI is InChI=1S/C76H92Cl3N15O16/c1-42-67(100)86-56(30-48-18-13-20-51(79)28-48)71(104)92(7)61(32-46-22-24-49(77)25-23-46)74(107)93(8)62(34-53-38-81-41-83-53)73(106)89(4)39-65(99)85-55(29-47-17-12-19-50(78)27-47)70(103)91(6)60(31-45-15-10-9-11-16-45)69(102)88-66(44(3)96)75(108)90(5)59(33-52-37-80-40-82-52)63(97)35-54(43(2)95)68(101)87-57(36-64(98)84-42)72(105)94-26-14-21-58(94)76(109)110/h9-13,15-20,22-25,27-28,37-38,40-44,54-62,66,95-96H,14,21,26,29-36,39H2,1-8H3,(H,80,82)(H,81,83)(H,84,98)(H,85,99)(H,86,100)(H,87,101)(H,88,102)(H,109,110)/t42?,43-,44-,54+,55+,56-,57+,58+,59+,60+,61-,62+,66+/m1/s1. The molecule has 4 heterocycles. The minimum atomic E-state index is -1.93. The molecular formula is C76H92Cl3N15O16. The highest BCUT2D eigenvalue weighted by molar-refractivity contribution is 6.31. The molecule has 0 radical (unpaired) electrons. The van der Waals surface area contributed by atoms with Crippen molar-refractivity contribution in [1.82, 2.24) is 75.9 Å². The number of aliphatic carboxylic acids is 1. The number of carbonyl (C=O) groups is 13. The Morgan fingerprint density at radius 3 is 1.57 bits per heavy atom. The van der Waals surface area contributed by atoms with Crippen LogP contribution in [-0.2, 0) is 101 Å². The number of ketones is 1. The topological polar surface area (TPSA) is 420 Å². The van der Waals surface area contributed by atoms with Crippen LogP contribution in [0.4, 0.5) is 0 Å². The van der Waals surface area contributed by atoms with Crippen molar-refractivity contribution in [2.24, 2.45) is 5.92 Å². The summed E-state index contributed by atoms with van der Waals surface area (Å²) in [5, 5.41) is 47.0. The summed E-state index contributed by atoms with van der Waals surface area (Å²) in [5.74, 6) is -14.7. The lowest BCUT2D eigenvalue weighted by Gasteiger charge is -2.37. The van der Waals surface area contributed by atoms with Crippen LogP contribution >= 0.6 is 34.8 Å². The van der Waals surface area contributed by atoms with E-state index in [1.54, 1.807) is 97.1 Å². The van der Waals surface area contributed by atoms with Gasteiger partial charge >= 0.3 is 5.97 Å². The van der Waals surface area contributed by atoms with Crippen molar-refractivity contribution in [2.45, 2.75) is 158 Å². The molecule has 0 spiro atoms. The number of carboxylic acids is 1. The lowest BCUT2D eigenvalue weighted by atomic mass is 9.90. The van der Waals surface area contributed by atoms with Gasteiger partial charge in [0, 0.05) is 126 Å². The molecule has 6 aromatic rings. The average molecular weight is 1580 g/mol. The fourth-order valence-corrected chi connectivity index (χ4v) is 13.9. The molecular weight excluding hydrogens is 1490 g/mol. The third-order valence-corrected chi connectivity index (χ3v) is 20.4. The monoisotopic (exact) mass is 1580 g/mol. The maximum absolute atomic E-state index is 15.7. The second kappa shape index (κ2) is 39.2. The van der Waals surface area contributed by atoms with Crippen molar-refractivity contribution in [3.8, 4) is 0 Å². The summed E-state index contributed by atoms with van der Waals surface area (Å²) >= 11 is 19.3. The quantitative estimate of drug-likeness (QED) is 0.0661. The Bertz CT molecular complexity index is 4270. The van der Waals surface area contributed by atoms with E-state index in [9.17, 15) is 44.1 Å². The number of aromatic nitrogens is 4. The number of halogens is 3. The second-order valence-electron chi connectivity index (χ2n) is 27.8. The number of hydrogen-bond acceptors (Lipinski definition) is 17. The van der Waals surface area contributed by atoms with E-state index in [-0.39, 0.29) is 73.7 Å². The van der Waals surface area contributed by atoms with Gasteiger partial charge < -0.3 is 81.3 Å². The third-order valence-electron chi connectivity index (χ3n) is 19.7. The maximum Gasteiger partial charge on any atom is 0.326 e. The zero-order valence-corrected chi connectivity index (χ0v) is 64.2. The van der Waals surface area contributed by atoms with E-state index in [0.717, 1.165) is 36.3 Å². The number of aromatic amines is 2. The van der Waals surface area contributed by atoms with Crippen LogP contribution in [0.15, 0.2) is 128 Å². The highest BCUT2D eigenvalue weighted by Crippen LogP contribution is 2.26. The van der Waals surface area contributed by atoms with Crippen molar-refractivity contribution >= 4 is 112 Å². The van der Waals surface area contributed by atoms with Crippen molar-refractivity contribution in [3.63, 3.8) is 0 Å². The molecule has 0 bridgehead atoms. The normalized spacial score (nSPS) is 24.3. The Balaban J connectivity index is 1.24. The molecule has 10 N–H and O–H groups in total. The van der Waals surface area contributed by atoms with Crippen LogP contribution in [-0.4, -0.2) is 262 Å². The number of rotatable bonds is 16. The van der Waals surface area contributed by atoms with Crippen LogP contribution in [0.3, 0.4) is 0 Å². The van der Waals surface area contributed by atoms with E-state index in [2.05, 4.69) is 46.5 Å². The van der Waals surface area contributed by atoms with E-state index >= 15 is 33.6 Å². The first kappa shape index (κ1) is 85.0. The lowest BCUT2D eigenvalue weighted by molar-refractivity contribution is -0.151. The number of aliphatic hydroxyl groups is 2. The molecule has 8 rings (SSSR count). The van der Waals surface area contributed by atoms with Gasteiger partial charge in [-0.3, -0.25) is 57.5 Å². The number of imidazole rings is 2. The molecule has 34 heteroatoms. The number of Topliss-reactive ketones (excluding diaryl/α,β-unsaturated/α-hetero) is 1.